The Morgan fingerprint density at radius 3 is 2.65 bits per heavy atom. The summed E-state index contributed by atoms with van der Waals surface area (Å²) in [5, 5.41) is 0. The molecule has 2 N–H and O–H groups in total. The van der Waals surface area contributed by atoms with Gasteiger partial charge in [-0.15, -0.1) is 0 Å². The molecule has 20 heavy (non-hydrogen) atoms. The standard InChI is InChI=1S/C15H24N4O/c1-11-10-18(4)7-8-19(11)14-9-12(5-6-13(14)16)15(20)17(2)3/h5-6,9,11H,7-8,10,16H2,1-4H3. The molecular weight excluding hydrogens is 252 g/mol. The first-order chi connectivity index (χ1) is 9.40. The van der Waals surface area contributed by atoms with E-state index in [2.05, 4.69) is 23.8 Å². The highest BCUT2D eigenvalue weighted by Crippen LogP contribution is 2.28. The van der Waals surface area contributed by atoms with Gasteiger partial charge in [0.1, 0.15) is 0 Å². The third-order valence-electron chi connectivity index (χ3n) is 3.82. The maximum absolute atomic E-state index is 12.1. The summed E-state index contributed by atoms with van der Waals surface area (Å²) >= 11 is 0. The molecule has 110 valence electrons. The maximum Gasteiger partial charge on any atom is 0.253 e. The number of nitrogen functional groups attached to an aromatic ring is 1. The highest BCUT2D eigenvalue weighted by Gasteiger charge is 2.24. The van der Waals surface area contributed by atoms with Crippen molar-refractivity contribution in [3.63, 3.8) is 0 Å². The van der Waals surface area contributed by atoms with E-state index in [1.807, 2.05) is 12.1 Å². The second-order valence-electron chi connectivity index (χ2n) is 5.78. The smallest absolute Gasteiger partial charge is 0.253 e. The van der Waals surface area contributed by atoms with Crippen molar-refractivity contribution in [2.45, 2.75) is 13.0 Å². The molecule has 0 saturated carbocycles. The molecular formula is C15H24N4O. The zero-order chi connectivity index (χ0) is 14.9. The molecule has 5 heteroatoms. The zero-order valence-corrected chi connectivity index (χ0v) is 12.8. The molecule has 0 aromatic heterocycles. The molecule has 5 nitrogen and oxygen atoms in total. The van der Waals surface area contributed by atoms with Crippen LogP contribution < -0.4 is 10.6 Å². The molecule has 1 unspecified atom stereocenters. The third kappa shape index (κ3) is 2.88. The molecule has 1 saturated heterocycles. The normalized spacial score (nSPS) is 20.0. The lowest BCUT2D eigenvalue weighted by molar-refractivity contribution is 0.0827. The van der Waals surface area contributed by atoms with Gasteiger partial charge in [0.15, 0.2) is 0 Å². The molecule has 1 heterocycles. The van der Waals surface area contributed by atoms with E-state index in [9.17, 15) is 4.79 Å². The summed E-state index contributed by atoms with van der Waals surface area (Å²) in [4.78, 5) is 18.3. The van der Waals surface area contributed by atoms with Gasteiger partial charge in [0.05, 0.1) is 11.4 Å². The lowest BCUT2D eigenvalue weighted by Gasteiger charge is -2.40. The van der Waals surface area contributed by atoms with Gasteiger partial charge in [-0.05, 0) is 32.2 Å². The molecule has 1 aliphatic rings. The van der Waals surface area contributed by atoms with E-state index in [1.165, 1.54) is 0 Å². The summed E-state index contributed by atoms with van der Waals surface area (Å²) in [5.41, 5.74) is 8.50. The minimum absolute atomic E-state index is 0.00744. The first-order valence-electron chi connectivity index (χ1n) is 6.96. The second-order valence-corrected chi connectivity index (χ2v) is 5.78. The van der Waals surface area contributed by atoms with Crippen molar-refractivity contribution in [1.82, 2.24) is 9.80 Å². The number of hydrogen-bond acceptors (Lipinski definition) is 4. The molecule has 1 atom stereocenters. The van der Waals surface area contributed by atoms with Crippen LogP contribution in [0.1, 0.15) is 17.3 Å². The van der Waals surface area contributed by atoms with Crippen molar-refractivity contribution in [2.75, 3.05) is 51.4 Å². The molecule has 1 fully saturated rings. The average molecular weight is 276 g/mol. The lowest BCUT2D eigenvalue weighted by Crippen LogP contribution is -2.50. The monoisotopic (exact) mass is 276 g/mol. The Labute approximate surface area is 120 Å². The van der Waals surface area contributed by atoms with Crippen LogP contribution in [0.25, 0.3) is 0 Å². The van der Waals surface area contributed by atoms with E-state index in [1.54, 1.807) is 25.1 Å². The maximum atomic E-state index is 12.1. The van der Waals surface area contributed by atoms with Crippen LogP contribution in [0.3, 0.4) is 0 Å². The number of amides is 1. The van der Waals surface area contributed by atoms with E-state index in [0.29, 0.717) is 11.6 Å². The van der Waals surface area contributed by atoms with Gasteiger partial charge in [0.2, 0.25) is 0 Å². The Hall–Kier alpha value is -1.75. The van der Waals surface area contributed by atoms with E-state index in [-0.39, 0.29) is 5.91 Å². The van der Waals surface area contributed by atoms with Gasteiger partial charge in [0, 0.05) is 45.3 Å². The molecule has 1 aliphatic heterocycles. The van der Waals surface area contributed by atoms with E-state index >= 15 is 0 Å². The summed E-state index contributed by atoms with van der Waals surface area (Å²) in [6.45, 7) is 5.14. The van der Waals surface area contributed by atoms with Crippen LogP contribution in [0, 0.1) is 0 Å². The first kappa shape index (κ1) is 14.7. The minimum Gasteiger partial charge on any atom is -0.397 e. The molecule has 1 aromatic rings. The van der Waals surface area contributed by atoms with Crippen molar-refractivity contribution in [3.05, 3.63) is 23.8 Å². The number of carbonyl (C=O) groups excluding carboxylic acids is 1. The van der Waals surface area contributed by atoms with Gasteiger partial charge in [-0.1, -0.05) is 0 Å². The molecule has 1 aromatic carbocycles. The average Bonchev–Trinajstić information content (AvgIpc) is 2.39. The predicted molar refractivity (Wildman–Crippen MR) is 83.2 cm³/mol. The number of rotatable bonds is 2. The van der Waals surface area contributed by atoms with Crippen LogP contribution in [-0.4, -0.2) is 62.5 Å². The molecule has 0 bridgehead atoms. The van der Waals surface area contributed by atoms with Gasteiger partial charge in [-0.25, -0.2) is 0 Å². The van der Waals surface area contributed by atoms with Gasteiger partial charge in [-0.2, -0.15) is 0 Å². The fourth-order valence-electron chi connectivity index (χ4n) is 2.68. The zero-order valence-electron chi connectivity index (χ0n) is 12.8. The van der Waals surface area contributed by atoms with Crippen molar-refractivity contribution >= 4 is 17.3 Å². The Kier molecular flexibility index (Phi) is 4.18. The number of piperazine rings is 1. The number of hydrogen-bond donors (Lipinski definition) is 1. The summed E-state index contributed by atoms with van der Waals surface area (Å²) in [5.74, 6) is 0.00744. The van der Waals surface area contributed by atoms with Crippen molar-refractivity contribution < 1.29 is 4.79 Å². The molecule has 0 spiro atoms. The van der Waals surface area contributed by atoms with E-state index in [0.717, 1.165) is 31.0 Å². The molecule has 0 aliphatic carbocycles. The number of likely N-dealkylation sites (N-methyl/N-ethyl adjacent to an activating group) is 1. The summed E-state index contributed by atoms with van der Waals surface area (Å²) < 4.78 is 0. The summed E-state index contributed by atoms with van der Waals surface area (Å²) in [6.07, 6.45) is 0. The molecule has 0 radical (unpaired) electrons. The van der Waals surface area contributed by atoms with Gasteiger partial charge in [0.25, 0.3) is 5.91 Å². The summed E-state index contributed by atoms with van der Waals surface area (Å²) in [7, 11) is 5.65. The Balaban J connectivity index is 2.31. The summed E-state index contributed by atoms with van der Waals surface area (Å²) in [6, 6.07) is 5.93. The second kappa shape index (κ2) is 5.71. The number of carbonyl (C=O) groups is 1. The number of benzene rings is 1. The van der Waals surface area contributed by atoms with Crippen LogP contribution in [0.5, 0.6) is 0 Å². The Morgan fingerprint density at radius 1 is 1.35 bits per heavy atom. The highest BCUT2D eigenvalue weighted by molar-refractivity contribution is 5.96. The van der Waals surface area contributed by atoms with Crippen LogP contribution in [0.15, 0.2) is 18.2 Å². The van der Waals surface area contributed by atoms with Crippen molar-refractivity contribution in [1.29, 1.82) is 0 Å². The number of nitrogens with two attached hydrogens (primary N) is 1. The fourth-order valence-corrected chi connectivity index (χ4v) is 2.68. The van der Waals surface area contributed by atoms with E-state index < -0.39 is 0 Å². The third-order valence-corrected chi connectivity index (χ3v) is 3.82. The largest absolute Gasteiger partial charge is 0.397 e. The number of anilines is 2. The Bertz CT molecular complexity index is 501. The van der Waals surface area contributed by atoms with E-state index in [4.69, 9.17) is 5.73 Å². The van der Waals surface area contributed by atoms with Gasteiger partial charge < -0.3 is 20.4 Å². The number of nitrogens with zero attached hydrogens (tertiary/aromatic N) is 3. The SMILES string of the molecule is CC1CN(C)CCN1c1cc(C(=O)N(C)C)ccc1N. The first-order valence-corrected chi connectivity index (χ1v) is 6.96. The quantitative estimate of drug-likeness (QED) is 0.822. The highest BCUT2D eigenvalue weighted by atomic mass is 16.2. The van der Waals surface area contributed by atoms with Crippen molar-refractivity contribution in [2.24, 2.45) is 0 Å². The van der Waals surface area contributed by atoms with Crippen molar-refractivity contribution in [3.8, 4) is 0 Å². The molecule has 2 rings (SSSR count). The predicted octanol–water partition coefficient (Wildman–Crippen LogP) is 1.11. The fraction of sp³-hybridized carbons (Fsp3) is 0.533. The lowest BCUT2D eigenvalue weighted by atomic mass is 10.1. The Morgan fingerprint density at radius 2 is 2.05 bits per heavy atom. The van der Waals surface area contributed by atoms with Gasteiger partial charge >= 0.3 is 0 Å². The van der Waals surface area contributed by atoms with Crippen LogP contribution in [-0.2, 0) is 0 Å². The minimum atomic E-state index is 0.00744. The van der Waals surface area contributed by atoms with Gasteiger partial charge in [-0.3, -0.25) is 4.79 Å². The van der Waals surface area contributed by atoms with Crippen LogP contribution in [0.4, 0.5) is 11.4 Å². The van der Waals surface area contributed by atoms with Crippen LogP contribution >= 0.6 is 0 Å². The molecule has 1 amide bonds. The van der Waals surface area contributed by atoms with Crippen LogP contribution in [0.2, 0.25) is 0 Å². The topological polar surface area (TPSA) is 52.8 Å².